The summed E-state index contributed by atoms with van der Waals surface area (Å²) < 4.78 is 92.1. The molecule has 216 valence electrons. The number of thiophene rings is 2. The van der Waals surface area contributed by atoms with Crippen LogP contribution in [0.4, 0.5) is 37.7 Å². The van der Waals surface area contributed by atoms with Crippen molar-refractivity contribution in [2.75, 3.05) is 38.0 Å². The van der Waals surface area contributed by atoms with Gasteiger partial charge in [0.25, 0.3) is 0 Å². The number of alkyl halides is 6. The number of aryl methyl sites for hydroxylation is 2. The zero-order chi connectivity index (χ0) is 30.1. The second kappa shape index (κ2) is 9.94. The second-order valence-electron chi connectivity index (χ2n) is 10.6. The first-order valence-electron chi connectivity index (χ1n) is 12.7. The third-order valence-corrected chi connectivity index (χ3v) is 9.90. The predicted molar refractivity (Wildman–Crippen MR) is 159 cm³/mol. The van der Waals surface area contributed by atoms with E-state index >= 15 is 17.6 Å². The fraction of sp³-hybridized carbons (Fsp3) is 0.290. The number of benzene rings is 2. The van der Waals surface area contributed by atoms with Gasteiger partial charge >= 0.3 is 17.8 Å². The number of allylic oxidation sites excluding steroid dienone is 2. The van der Waals surface area contributed by atoms with Gasteiger partial charge in [0, 0.05) is 59.1 Å². The minimum Gasteiger partial charge on any atom is -0.378 e. The largest absolute Gasteiger partial charge is 0.380 e. The highest BCUT2D eigenvalue weighted by atomic mass is 32.1. The summed E-state index contributed by atoms with van der Waals surface area (Å²) in [5.41, 5.74) is 1.03. The number of hydrogen-bond acceptors (Lipinski definition) is 4. The van der Waals surface area contributed by atoms with Crippen LogP contribution in [0, 0.1) is 13.8 Å². The molecule has 0 unspecified atom stereocenters. The summed E-state index contributed by atoms with van der Waals surface area (Å²) in [5, 5.41) is 0. The number of nitrogens with zero attached hydrogens (tertiary/aromatic N) is 2. The van der Waals surface area contributed by atoms with Crippen molar-refractivity contribution in [3.05, 3.63) is 81.5 Å². The normalized spacial score (nSPS) is 17.3. The summed E-state index contributed by atoms with van der Waals surface area (Å²) in [6.45, 7) is 2.97. The first-order chi connectivity index (χ1) is 19.1. The molecular weight excluding hydrogens is 578 g/mol. The summed E-state index contributed by atoms with van der Waals surface area (Å²) in [6.07, 6.45) is 0. The van der Waals surface area contributed by atoms with Crippen LogP contribution in [0.15, 0.2) is 60.7 Å². The number of anilines is 2. The average Bonchev–Trinajstić information content (AvgIpc) is 3.51. The van der Waals surface area contributed by atoms with Crippen LogP contribution in [0.2, 0.25) is 0 Å². The maximum Gasteiger partial charge on any atom is 0.380 e. The van der Waals surface area contributed by atoms with Crippen molar-refractivity contribution < 1.29 is 26.3 Å². The minimum atomic E-state index is -5.60. The molecule has 4 aromatic rings. The topological polar surface area (TPSA) is 6.48 Å². The molecule has 10 heteroatoms. The number of halogens is 6. The van der Waals surface area contributed by atoms with Crippen LogP contribution in [0.25, 0.3) is 32.0 Å². The summed E-state index contributed by atoms with van der Waals surface area (Å²) >= 11 is 1.64. The number of rotatable bonds is 6. The summed E-state index contributed by atoms with van der Waals surface area (Å²) in [7, 11) is 7.48. The maximum absolute atomic E-state index is 15.5. The lowest BCUT2D eigenvalue weighted by Gasteiger charge is -2.25. The van der Waals surface area contributed by atoms with E-state index in [0.717, 1.165) is 34.0 Å². The fourth-order valence-electron chi connectivity index (χ4n) is 4.93. The van der Waals surface area contributed by atoms with E-state index < -0.39 is 28.9 Å². The molecule has 5 rings (SSSR count). The Balaban J connectivity index is 1.69. The van der Waals surface area contributed by atoms with Crippen LogP contribution >= 0.6 is 22.7 Å². The van der Waals surface area contributed by atoms with Gasteiger partial charge in [0.15, 0.2) is 0 Å². The van der Waals surface area contributed by atoms with Gasteiger partial charge in [0.2, 0.25) is 0 Å². The molecule has 2 heterocycles. The quantitative estimate of drug-likeness (QED) is 0.202. The molecule has 0 aliphatic heterocycles. The van der Waals surface area contributed by atoms with Crippen molar-refractivity contribution in [2.45, 2.75) is 31.6 Å². The minimum absolute atomic E-state index is 0.232. The van der Waals surface area contributed by atoms with Crippen LogP contribution in [0.1, 0.15) is 20.9 Å². The standard InChI is InChI=1S/C31H28F6N2S2/c1-17-15-23(19-7-11-21(12-8-19)38(3)4)40-27(17)25-26(30(34,35)31(36,37)29(25,32)33)28-18(2)16-24(41-28)20-9-13-22(14-10-20)39(5)6/h7-16H,1-6H3. The first kappa shape index (κ1) is 29.3. The predicted octanol–water partition coefficient (Wildman–Crippen LogP) is 9.72. The fourth-order valence-corrected chi connectivity index (χ4v) is 7.45. The molecule has 2 aromatic carbocycles. The molecule has 0 atom stereocenters. The van der Waals surface area contributed by atoms with Crippen molar-refractivity contribution >= 4 is 45.2 Å². The molecule has 0 N–H and O–H groups in total. The Morgan fingerprint density at radius 1 is 0.537 bits per heavy atom. The molecule has 0 bridgehead atoms. The molecule has 1 aliphatic rings. The van der Waals surface area contributed by atoms with E-state index in [1.54, 1.807) is 36.4 Å². The Kier molecular flexibility index (Phi) is 7.10. The average molecular weight is 607 g/mol. The lowest BCUT2D eigenvalue weighted by molar-refractivity contribution is -0.254. The summed E-state index contributed by atoms with van der Waals surface area (Å²) in [6, 6.07) is 17.6. The van der Waals surface area contributed by atoms with Gasteiger partial charge in [-0.2, -0.15) is 26.3 Å². The van der Waals surface area contributed by atoms with Crippen molar-refractivity contribution in [3.63, 3.8) is 0 Å². The van der Waals surface area contributed by atoms with E-state index in [-0.39, 0.29) is 20.9 Å². The van der Waals surface area contributed by atoms with Gasteiger partial charge in [-0.05, 0) is 72.5 Å². The van der Waals surface area contributed by atoms with Crippen LogP contribution in [0.3, 0.4) is 0 Å². The van der Waals surface area contributed by atoms with Crippen molar-refractivity contribution in [2.24, 2.45) is 0 Å². The highest BCUT2D eigenvalue weighted by molar-refractivity contribution is 7.18. The van der Waals surface area contributed by atoms with E-state index in [9.17, 15) is 8.78 Å². The molecule has 0 saturated carbocycles. The lowest BCUT2D eigenvalue weighted by atomic mass is 10.0. The van der Waals surface area contributed by atoms with Gasteiger partial charge in [0.1, 0.15) is 0 Å². The Labute approximate surface area is 243 Å². The smallest absolute Gasteiger partial charge is 0.378 e. The summed E-state index contributed by atoms with van der Waals surface area (Å²) in [4.78, 5) is 4.30. The molecule has 0 spiro atoms. The van der Waals surface area contributed by atoms with Crippen molar-refractivity contribution in [1.82, 2.24) is 0 Å². The molecule has 2 nitrogen and oxygen atoms in total. The molecule has 2 aromatic heterocycles. The van der Waals surface area contributed by atoms with E-state index in [0.29, 0.717) is 20.9 Å². The van der Waals surface area contributed by atoms with E-state index in [2.05, 4.69) is 0 Å². The van der Waals surface area contributed by atoms with E-state index in [4.69, 9.17) is 0 Å². The van der Waals surface area contributed by atoms with Crippen LogP contribution in [-0.4, -0.2) is 46.0 Å². The van der Waals surface area contributed by atoms with E-state index in [1.165, 1.54) is 13.8 Å². The third kappa shape index (κ3) is 4.55. The van der Waals surface area contributed by atoms with Crippen molar-refractivity contribution in [3.8, 4) is 20.9 Å². The third-order valence-electron chi connectivity index (χ3n) is 7.29. The van der Waals surface area contributed by atoms with Crippen molar-refractivity contribution in [1.29, 1.82) is 0 Å². The molecule has 0 fully saturated rings. The molecule has 0 amide bonds. The van der Waals surface area contributed by atoms with E-state index in [1.807, 2.05) is 62.3 Å². The van der Waals surface area contributed by atoms with Gasteiger partial charge in [-0.15, -0.1) is 22.7 Å². The highest BCUT2D eigenvalue weighted by Gasteiger charge is 2.80. The van der Waals surface area contributed by atoms with Gasteiger partial charge in [-0.25, -0.2) is 0 Å². The monoisotopic (exact) mass is 606 g/mol. The van der Waals surface area contributed by atoms with Gasteiger partial charge in [-0.3, -0.25) is 0 Å². The van der Waals surface area contributed by atoms with Crippen LogP contribution in [-0.2, 0) is 0 Å². The molecule has 1 aliphatic carbocycles. The Hall–Kier alpha value is -3.24. The molecular formula is C31H28F6N2S2. The van der Waals surface area contributed by atoms with Gasteiger partial charge in [-0.1, -0.05) is 24.3 Å². The molecule has 41 heavy (non-hydrogen) atoms. The van der Waals surface area contributed by atoms with Gasteiger partial charge in [0.05, 0.1) is 11.1 Å². The zero-order valence-electron chi connectivity index (χ0n) is 23.3. The second-order valence-corrected chi connectivity index (χ2v) is 12.7. The zero-order valence-corrected chi connectivity index (χ0v) is 24.9. The SMILES string of the molecule is Cc1cc(-c2ccc(N(C)C)cc2)sc1C1=C(c2sc(-c3ccc(N(C)C)cc3)cc2C)C(F)(F)C(F)(F)C1(F)F. The Morgan fingerprint density at radius 2 is 0.854 bits per heavy atom. The maximum atomic E-state index is 15.5. The summed E-state index contributed by atoms with van der Waals surface area (Å²) in [5.74, 6) is -15.8. The lowest BCUT2D eigenvalue weighted by Crippen LogP contribution is -2.48. The number of hydrogen-bond donors (Lipinski definition) is 0. The molecule has 0 saturated heterocycles. The highest BCUT2D eigenvalue weighted by Crippen LogP contribution is 2.66. The molecule has 0 radical (unpaired) electrons. The van der Waals surface area contributed by atoms with Crippen LogP contribution in [0.5, 0.6) is 0 Å². The first-order valence-corrected chi connectivity index (χ1v) is 14.4. The Bertz CT molecular complexity index is 1510. The van der Waals surface area contributed by atoms with Crippen LogP contribution < -0.4 is 9.80 Å². The van der Waals surface area contributed by atoms with Gasteiger partial charge < -0.3 is 9.80 Å². The Morgan fingerprint density at radius 3 is 1.15 bits per heavy atom.